The van der Waals surface area contributed by atoms with Gasteiger partial charge in [-0.25, -0.2) is 9.78 Å². The molecule has 8 nitrogen and oxygen atoms in total. The molecule has 0 aliphatic carbocycles. The Morgan fingerprint density at radius 2 is 2.15 bits per heavy atom. The molecule has 9 heteroatoms. The summed E-state index contributed by atoms with van der Waals surface area (Å²) in [6, 6.07) is 7.08. The molecule has 0 saturated carbocycles. The minimum atomic E-state index is -0.471. The third-order valence-electron chi connectivity index (χ3n) is 3.84. The molecule has 0 atom stereocenters. The van der Waals surface area contributed by atoms with E-state index in [0.29, 0.717) is 22.0 Å². The van der Waals surface area contributed by atoms with E-state index in [1.165, 1.54) is 4.90 Å². The van der Waals surface area contributed by atoms with Crippen molar-refractivity contribution in [2.24, 2.45) is 0 Å². The topological polar surface area (TPSA) is 97.8 Å². The van der Waals surface area contributed by atoms with Crippen LogP contribution in [0.15, 0.2) is 24.3 Å². The summed E-state index contributed by atoms with van der Waals surface area (Å²) in [5.41, 5.74) is 1.04. The molecule has 2 aromatic rings. The first-order valence-electron chi connectivity index (χ1n) is 8.46. The molecule has 0 saturated heterocycles. The maximum absolute atomic E-state index is 12.5. The Morgan fingerprint density at radius 3 is 2.93 bits per heavy atom. The fourth-order valence-electron chi connectivity index (χ4n) is 2.63. The van der Waals surface area contributed by atoms with Crippen molar-refractivity contribution in [2.75, 3.05) is 30.0 Å². The molecule has 2 heterocycles. The molecule has 0 fully saturated rings. The highest BCUT2D eigenvalue weighted by molar-refractivity contribution is 7.17. The first-order chi connectivity index (χ1) is 13.0. The standard InChI is InChI=1S/C18H19N3O5S/c1-3-25-17(24)16-11(2)19-18(27-16)20-14(22)10-21-12-6-4-5-7-13(12)26-9-8-15(21)23/h4-7H,3,8-10H2,1-2H3,(H,19,20,22). The number of amides is 2. The second-order valence-corrected chi connectivity index (χ2v) is 6.75. The normalized spacial score (nSPS) is 13.4. The molecule has 0 radical (unpaired) electrons. The van der Waals surface area contributed by atoms with Gasteiger partial charge in [0.15, 0.2) is 5.13 Å². The molecular weight excluding hydrogens is 370 g/mol. The Bertz CT molecular complexity index is 880. The molecule has 1 aliphatic heterocycles. The number of rotatable bonds is 5. The van der Waals surface area contributed by atoms with Gasteiger partial charge in [-0.1, -0.05) is 23.5 Å². The Morgan fingerprint density at radius 1 is 1.37 bits per heavy atom. The van der Waals surface area contributed by atoms with Gasteiger partial charge in [0.1, 0.15) is 17.2 Å². The van der Waals surface area contributed by atoms with Gasteiger partial charge in [0, 0.05) is 0 Å². The first-order valence-corrected chi connectivity index (χ1v) is 9.27. The summed E-state index contributed by atoms with van der Waals surface area (Å²) in [6.45, 7) is 3.74. The minimum Gasteiger partial charge on any atom is -0.491 e. The molecule has 0 unspecified atom stereocenters. The summed E-state index contributed by atoms with van der Waals surface area (Å²) >= 11 is 1.04. The lowest BCUT2D eigenvalue weighted by Crippen LogP contribution is -2.37. The number of hydrogen-bond acceptors (Lipinski definition) is 7. The number of thiazole rings is 1. The number of fused-ring (bicyclic) bond motifs is 1. The number of ether oxygens (including phenoxy) is 2. The van der Waals surface area contributed by atoms with Crippen molar-refractivity contribution in [1.29, 1.82) is 0 Å². The smallest absolute Gasteiger partial charge is 0.350 e. The van der Waals surface area contributed by atoms with Crippen LogP contribution >= 0.6 is 11.3 Å². The lowest BCUT2D eigenvalue weighted by atomic mass is 10.2. The maximum Gasteiger partial charge on any atom is 0.350 e. The van der Waals surface area contributed by atoms with E-state index in [1.807, 2.05) is 6.07 Å². The van der Waals surface area contributed by atoms with E-state index in [4.69, 9.17) is 9.47 Å². The van der Waals surface area contributed by atoms with Crippen molar-refractivity contribution in [3.63, 3.8) is 0 Å². The Hall–Kier alpha value is -2.94. The van der Waals surface area contributed by atoms with Crippen molar-refractivity contribution >= 4 is 39.9 Å². The number of anilines is 2. The number of carbonyl (C=O) groups is 3. The lowest BCUT2D eigenvalue weighted by molar-refractivity contribution is -0.121. The van der Waals surface area contributed by atoms with Crippen molar-refractivity contribution in [3.8, 4) is 5.75 Å². The van der Waals surface area contributed by atoms with Crippen LogP contribution in [0.4, 0.5) is 10.8 Å². The molecular formula is C18H19N3O5S. The van der Waals surface area contributed by atoms with Crippen molar-refractivity contribution in [1.82, 2.24) is 4.98 Å². The molecule has 2 amide bonds. The predicted octanol–water partition coefficient (Wildman–Crippen LogP) is 2.38. The van der Waals surface area contributed by atoms with Crippen LogP contribution in [-0.4, -0.2) is 42.5 Å². The zero-order chi connectivity index (χ0) is 19.4. The summed E-state index contributed by atoms with van der Waals surface area (Å²) < 4.78 is 10.5. The fourth-order valence-corrected chi connectivity index (χ4v) is 3.51. The molecule has 0 bridgehead atoms. The number of esters is 1. The highest BCUT2D eigenvalue weighted by Gasteiger charge is 2.26. The highest BCUT2D eigenvalue weighted by Crippen LogP contribution is 2.31. The number of hydrogen-bond donors (Lipinski definition) is 1. The molecule has 0 spiro atoms. The van der Waals surface area contributed by atoms with Gasteiger partial charge in [0.05, 0.1) is 31.0 Å². The first kappa shape index (κ1) is 18.8. The van der Waals surface area contributed by atoms with Crippen molar-refractivity contribution < 1.29 is 23.9 Å². The van der Waals surface area contributed by atoms with Crippen molar-refractivity contribution in [3.05, 3.63) is 34.8 Å². The number of nitrogens with zero attached hydrogens (tertiary/aromatic N) is 2. The van der Waals surface area contributed by atoms with Gasteiger partial charge < -0.3 is 14.8 Å². The van der Waals surface area contributed by atoms with Crippen LogP contribution in [-0.2, 0) is 14.3 Å². The Kier molecular flexibility index (Phi) is 5.70. The molecule has 1 aromatic heterocycles. The number of benzene rings is 1. The quantitative estimate of drug-likeness (QED) is 0.789. The molecule has 27 heavy (non-hydrogen) atoms. The summed E-state index contributed by atoms with van der Waals surface area (Å²) in [5, 5.41) is 2.93. The van der Waals surface area contributed by atoms with E-state index in [9.17, 15) is 14.4 Å². The third-order valence-corrected chi connectivity index (χ3v) is 4.89. The van der Waals surface area contributed by atoms with Gasteiger partial charge in [-0.05, 0) is 26.0 Å². The van der Waals surface area contributed by atoms with Gasteiger partial charge in [0.2, 0.25) is 11.8 Å². The number of aryl methyl sites for hydroxylation is 1. The van der Waals surface area contributed by atoms with Crippen LogP contribution in [0.5, 0.6) is 5.75 Å². The van der Waals surface area contributed by atoms with Crippen LogP contribution in [0.2, 0.25) is 0 Å². The molecule has 3 rings (SSSR count). The summed E-state index contributed by atoms with van der Waals surface area (Å²) in [4.78, 5) is 42.6. The molecule has 1 aromatic carbocycles. The average Bonchev–Trinajstić information content (AvgIpc) is 2.92. The third kappa shape index (κ3) is 4.25. The second-order valence-electron chi connectivity index (χ2n) is 5.75. The average molecular weight is 389 g/mol. The van der Waals surface area contributed by atoms with Gasteiger partial charge in [-0.2, -0.15) is 0 Å². The monoisotopic (exact) mass is 389 g/mol. The molecule has 142 valence electrons. The van der Waals surface area contributed by atoms with E-state index < -0.39 is 11.9 Å². The van der Waals surface area contributed by atoms with Gasteiger partial charge in [-0.15, -0.1) is 0 Å². The summed E-state index contributed by atoms with van der Waals surface area (Å²) in [7, 11) is 0. The van der Waals surface area contributed by atoms with Crippen LogP contribution in [0, 0.1) is 6.92 Å². The lowest BCUT2D eigenvalue weighted by Gasteiger charge is -2.20. The molecule has 1 aliphatic rings. The summed E-state index contributed by atoms with van der Waals surface area (Å²) in [5.74, 6) is -0.519. The van der Waals surface area contributed by atoms with Crippen LogP contribution in [0.3, 0.4) is 0 Å². The maximum atomic E-state index is 12.5. The number of para-hydroxylation sites is 2. The number of aromatic nitrogens is 1. The number of carbonyl (C=O) groups excluding carboxylic acids is 3. The minimum absolute atomic E-state index is 0.174. The zero-order valence-electron chi connectivity index (χ0n) is 15.0. The van der Waals surface area contributed by atoms with Gasteiger partial charge in [0.25, 0.3) is 0 Å². The van der Waals surface area contributed by atoms with Crippen LogP contribution < -0.4 is 15.0 Å². The van der Waals surface area contributed by atoms with Crippen molar-refractivity contribution in [2.45, 2.75) is 20.3 Å². The largest absolute Gasteiger partial charge is 0.491 e. The van der Waals surface area contributed by atoms with E-state index >= 15 is 0 Å². The van der Waals surface area contributed by atoms with E-state index in [0.717, 1.165) is 11.3 Å². The number of nitrogens with one attached hydrogen (secondary N) is 1. The Labute approximate surface area is 160 Å². The van der Waals surface area contributed by atoms with Gasteiger partial charge in [-0.3, -0.25) is 14.5 Å². The predicted molar refractivity (Wildman–Crippen MR) is 100 cm³/mol. The van der Waals surface area contributed by atoms with E-state index in [-0.39, 0.29) is 37.2 Å². The summed E-state index contributed by atoms with van der Waals surface area (Å²) in [6.07, 6.45) is 0.186. The fraction of sp³-hybridized carbons (Fsp3) is 0.333. The SMILES string of the molecule is CCOC(=O)c1sc(NC(=O)CN2C(=O)CCOc3ccccc32)nc1C. The molecule has 1 N–H and O–H groups in total. The zero-order valence-corrected chi connectivity index (χ0v) is 15.8. The van der Waals surface area contributed by atoms with Crippen LogP contribution in [0.25, 0.3) is 0 Å². The van der Waals surface area contributed by atoms with Gasteiger partial charge >= 0.3 is 5.97 Å². The Balaban J connectivity index is 1.73. The highest BCUT2D eigenvalue weighted by atomic mass is 32.1. The second kappa shape index (κ2) is 8.17. The van der Waals surface area contributed by atoms with E-state index in [1.54, 1.807) is 32.0 Å². The van der Waals surface area contributed by atoms with E-state index in [2.05, 4.69) is 10.3 Å². The van der Waals surface area contributed by atoms with Crippen LogP contribution in [0.1, 0.15) is 28.7 Å².